The van der Waals surface area contributed by atoms with E-state index in [2.05, 4.69) is 58.0 Å². The van der Waals surface area contributed by atoms with Crippen LogP contribution in [0.3, 0.4) is 0 Å². The first-order valence-corrected chi connectivity index (χ1v) is 9.61. The topological polar surface area (TPSA) is 22.1 Å². The molecule has 0 spiro atoms. The maximum Gasteiger partial charge on any atom is 0.146 e. The monoisotopic (exact) mass is 289 g/mol. The first kappa shape index (κ1) is 16.8. The normalized spacial score (nSPS) is 11.7. The van der Waals surface area contributed by atoms with E-state index in [9.17, 15) is 0 Å². The van der Waals surface area contributed by atoms with E-state index in [0.29, 0.717) is 16.6 Å². The Bertz CT molecular complexity index is 458. The summed E-state index contributed by atoms with van der Waals surface area (Å²) in [6.07, 6.45) is 1.73. The molecule has 0 fully saturated rings. The number of ether oxygens (including phenoxy) is 1. The number of aromatic nitrogens is 1. The van der Waals surface area contributed by atoms with E-state index in [1.54, 1.807) is 13.3 Å². The van der Waals surface area contributed by atoms with Gasteiger partial charge in [0.2, 0.25) is 0 Å². The number of pyridine rings is 1. The molecular weight excluding hydrogens is 262 g/mol. The molecule has 0 aliphatic carbocycles. The predicted molar refractivity (Wildman–Crippen MR) is 88.7 cm³/mol. The lowest BCUT2D eigenvalue weighted by molar-refractivity contribution is 0.413. The molecule has 0 amide bonds. The lowest BCUT2D eigenvalue weighted by atomic mass is 10.3. The highest BCUT2D eigenvalue weighted by Gasteiger charge is 2.41. The summed E-state index contributed by atoms with van der Waals surface area (Å²) in [5.41, 5.74) is 6.45. The number of hydrogen-bond donors (Lipinski definition) is 0. The molecule has 0 atom stereocenters. The van der Waals surface area contributed by atoms with E-state index in [0.717, 1.165) is 11.4 Å². The van der Waals surface area contributed by atoms with Gasteiger partial charge in [0, 0.05) is 0 Å². The van der Waals surface area contributed by atoms with Crippen molar-refractivity contribution in [3.63, 3.8) is 0 Å². The Hall–Kier alpha value is -1.27. The van der Waals surface area contributed by atoms with Gasteiger partial charge in [-0.1, -0.05) is 47.5 Å². The first-order valence-electron chi connectivity index (χ1n) is 7.37. The third-order valence-corrected chi connectivity index (χ3v) is 10.5. The van der Waals surface area contributed by atoms with Gasteiger partial charge in [-0.15, -0.1) is 5.54 Å². The van der Waals surface area contributed by atoms with E-state index in [-0.39, 0.29) is 0 Å². The van der Waals surface area contributed by atoms with Gasteiger partial charge in [0.15, 0.2) is 0 Å². The Kier molecular flexibility index (Phi) is 5.83. The molecule has 0 aliphatic heterocycles. The minimum absolute atomic E-state index is 0.647. The van der Waals surface area contributed by atoms with Gasteiger partial charge in [-0.3, -0.25) is 0 Å². The highest BCUT2D eigenvalue weighted by Crippen LogP contribution is 2.40. The summed E-state index contributed by atoms with van der Waals surface area (Å²) in [6.45, 7) is 13.9. The fourth-order valence-corrected chi connectivity index (χ4v) is 8.39. The van der Waals surface area contributed by atoms with Crippen LogP contribution in [0.5, 0.6) is 5.75 Å². The van der Waals surface area contributed by atoms with E-state index in [1.165, 1.54) is 0 Å². The molecule has 110 valence electrons. The standard InChI is InChI=1S/C17H27NOSi/c1-13(2)20(14(3)4,15(5)6)11-10-16-8-9-17(19-7)12-18-16/h8-9,12-15H,1-7H3. The highest BCUT2D eigenvalue weighted by molar-refractivity contribution is 6.90. The first-order chi connectivity index (χ1) is 9.34. The average Bonchev–Trinajstić information content (AvgIpc) is 2.38. The Labute approximate surface area is 125 Å². The Balaban J connectivity index is 3.16. The number of hydrogen-bond acceptors (Lipinski definition) is 2. The molecule has 0 saturated carbocycles. The molecular formula is C17H27NOSi. The molecule has 0 radical (unpaired) electrons. The van der Waals surface area contributed by atoms with Crippen molar-refractivity contribution in [2.45, 2.75) is 58.2 Å². The van der Waals surface area contributed by atoms with Crippen LogP contribution in [0.15, 0.2) is 18.3 Å². The van der Waals surface area contributed by atoms with E-state index < -0.39 is 8.07 Å². The smallest absolute Gasteiger partial charge is 0.146 e. The number of rotatable bonds is 4. The van der Waals surface area contributed by atoms with Crippen molar-refractivity contribution in [2.75, 3.05) is 7.11 Å². The molecule has 1 aromatic heterocycles. The lowest BCUT2D eigenvalue weighted by Gasteiger charge is -2.38. The highest BCUT2D eigenvalue weighted by atomic mass is 28.3. The van der Waals surface area contributed by atoms with Crippen molar-refractivity contribution < 1.29 is 4.74 Å². The largest absolute Gasteiger partial charge is 0.495 e. The molecule has 0 aliphatic rings. The van der Waals surface area contributed by atoms with Crippen LogP contribution in [0.4, 0.5) is 0 Å². The molecule has 0 N–H and O–H groups in total. The van der Waals surface area contributed by atoms with E-state index in [1.807, 2.05) is 12.1 Å². The van der Waals surface area contributed by atoms with Crippen LogP contribution >= 0.6 is 0 Å². The number of methoxy groups -OCH3 is 1. The third-order valence-electron chi connectivity index (χ3n) is 4.25. The van der Waals surface area contributed by atoms with Crippen molar-refractivity contribution in [1.29, 1.82) is 0 Å². The van der Waals surface area contributed by atoms with Crippen LogP contribution in [0.2, 0.25) is 16.6 Å². The van der Waals surface area contributed by atoms with Crippen molar-refractivity contribution in [3.8, 4) is 17.2 Å². The SMILES string of the molecule is COc1ccc(C#C[Si](C(C)C)(C(C)C)C(C)C)nc1. The van der Waals surface area contributed by atoms with Gasteiger partial charge in [-0.25, -0.2) is 4.98 Å². The molecule has 1 aromatic rings. The van der Waals surface area contributed by atoms with Gasteiger partial charge in [0.1, 0.15) is 19.5 Å². The van der Waals surface area contributed by atoms with Crippen LogP contribution < -0.4 is 4.74 Å². The molecule has 0 unspecified atom stereocenters. The van der Waals surface area contributed by atoms with Gasteiger partial charge in [0.05, 0.1) is 13.3 Å². The zero-order valence-electron chi connectivity index (χ0n) is 13.8. The van der Waals surface area contributed by atoms with Crippen LogP contribution in [0.1, 0.15) is 47.2 Å². The molecule has 0 bridgehead atoms. The molecule has 1 heterocycles. The zero-order valence-corrected chi connectivity index (χ0v) is 14.8. The van der Waals surface area contributed by atoms with Gasteiger partial charge >= 0.3 is 0 Å². The van der Waals surface area contributed by atoms with Crippen LogP contribution in [-0.4, -0.2) is 20.2 Å². The summed E-state index contributed by atoms with van der Waals surface area (Å²) >= 11 is 0. The Morgan fingerprint density at radius 3 is 1.90 bits per heavy atom. The zero-order chi connectivity index (χ0) is 15.3. The summed E-state index contributed by atoms with van der Waals surface area (Å²) in [7, 11) is -0.0152. The van der Waals surface area contributed by atoms with E-state index in [4.69, 9.17) is 4.74 Å². The lowest BCUT2D eigenvalue weighted by Crippen LogP contribution is -2.43. The quantitative estimate of drug-likeness (QED) is 0.594. The second-order valence-electron chi connectivity index (χ2n) is 6.23. The van der Waals surface area contributed by atoms with Crippen molar-refractivity contribution in [2.24, 2.45) is 0 Å². The van der Waals surface area contributed by atoms with Gasteiger partial charge in [0.25, 0.3) is 0 Å². The van der Waals surface area contributed by atoms with Crippen LogP contribution in [0.25, 0.3) is 0 Å². The second-order valence-corrected chi connectivity index (χ2v) is 11.8. The Morgan fingerprint density at radius 2 is 1.55 bits per heavy atom. The molecule has 2 nitrogen and oxygen atoms in total. The molecule has 3 heteroatoms. The van der Waals surface area contributed by atoms with E-state index >= 15 is 0 Å². The van der Waals surface area contributed by atoms with Gasteiger partial charge in [-0.2, -0.15) is 0 Å². The Morgan fingerprint density at radius 1 is 1.00 bits per heavy atom. The fourth-order valence-electron chi connectivity index (χ4n) is 3.18. The summed E-state index contributed by atoms with van der Waals surface area (Å²) < 4.78 is 5.13. The average molecular weight is 289 g/mol. The fraction of sp³-hybridized carbons (Fsp3) is 0.588. The van der Waals surface area contributed by atoms with Gasteiger partial charge in [-0.05, 0) is 28.8 Å². The minimum atomic E-state index is -1.66. The minimum Gasteiger partial charge on any atom is -0.495 e. The summed E-state index contributed by atoms with van der Waals surface area (Å²) in [5, 5.41) is 0. The molecule has 1 rings (SSSR count). The summed E-state index contributed by atoms with van der Waals surface area (Å²) in [5.74, 6) is 4.10. The van der Waals surface area contributed by atoms with Gasteiger partial charge < -0.3 is 4.74 Å². The van der Waals surface area contributed by atoms with Crippen molar-refractivity contribution >= 4 is 8.07 Å². The summed E-state index contributed by atoms with van der Waals surface area (Å²) in [6, 6.07) is 3.85. The number of nitrogens with zero attached hydrogens (tertiary/aromatic N) is 1. The maximum absolute atomic E-state index is 5.13. The van der Waals surface area contributed by atoms with Crippen molar-refractivity contribution in [1.82, 2.24) is 4.98 Å². The predicted octanol–water partition coefficient (Wildman–Crippen LogP) is 4.66. The second kappa shape index (κ2) is 6.94. The van der Waals surface area contributed by atoms with Crippen molar-refractivity contribution in [3.05, 3.63) is 24.0 Å². The van der Waals surface area contributed by atoms with Crippen LogP contribution in [0, 0.1) is 11.5 Å². The van der Waals surface area contributed by atoms with Crippen LogP contribution in [-0.2, 0) is 0 Å². The third kappa shape index (κ3) is 3.43. The molecule has 0 aromatic carbocycles. The maximum atomic E-state index is 5.13. The molecule has 0 saturated heterocycles. The summed E-state index contributed by atoms with van der Waals surface area (Å²) in [4.78, 5) is 4.35. The molecule has 20 heavy (non-hydrogen) atoms.